The molecule has 3 aromatic rings. The molecule has 0 aliphatic carbocycles. The molecule has 0 aliphatic rings. The largest absolute Gasteiger partial charge is 0.478 e. The van der Waals surface area contributed by atoms with Gasteiger partial charge < -0.3 is 10.0 Å². The van der Waals surface area contributed by atoms with Crippen LogP contribution in [0.5, 0.6) is 0 Å². The summed E-state index contributed by atoms with van der Waals surface area (Å²) in [6.07, 6.45) is 0. The summed E-state index contributed by atoms with van der Waals surface area (Å²) in [5.74, 6) is -1.05. The first-order chi connectivity index (χ1) is 12.0. The zero-order valence-corrected chi connectivity index (χ0v) is 14.7. The van der Waals surface area contributed by atoms with Gasteiger partial charge in [0.05, 0.1) is 10.4 Å². The maximum Gasteiger partial charge on any atom is 0.335 e. The Morgan fingerprint density at radius 1 is 1.00 bits per heavy atom. The second-order valence-electron chi connectivity index (χ2n) is 5.75. The standard InChI is InChI=1S/C20H17NO3S/c1-13-5-3-8-16(11-13)21(2)19(22)18-10-9-17(25-18)14-6-4-7-15(12-14)20(23)24/h3-12H,1-2H3,(H,23,24). The lowest BCUT2D eigenvalue weighted by atomic mass is 10.1. The van der Waals surface area contributed by atoms with Crippen LogP contribution in [0.15, 0.2) is 60.7 Å². The maximum atomic E-state index is 12.7. The third kappa shape index (κ3) is 3.61. The van der Waals surface area contributed by atoms with Crippen molar-refractivity contribution in [2.24, 2.45) is 0 Å². The van der Waals surface area contributed by atoms with E-state index in [-0.39, 0.29) is 11.5 Å². The summed E-state index contributed by atoms with van der Waals surface area (Å²) in [5.41, 5.74) is 2.96. The van der Waals surface area contributed by atoms with Gasteiger partial charge in [0, 0.05) is 17.6 Å². The van der Waals surface area contributed by atoms with Crippen LogP contribution in [0, 0.1) is 6.92 Å². The summed E-state index contributed by atoms with van der Waals surface area (Å²) in [6.45, 7) is 1.99. The van der Waals surface area contributed by atoms with Gasteiger partial charge in [-0.15, -0.1) is 11.3 Å². The van der Waals surface area contributed by atoms with Crippen LogP contribution in [0.4, 0.5) is 5.69 Å². The Hall–Kier alpha value is -2.92. The Labute approximate surface area is 150 Å². The SMILES string of the molecule is Cc1cccc(N(C)C(=O)c2ccc(-c3cccc(C(=O)O)c3)s2)c1. The van der Waals surface area contributed by atoms with Gasteiger partial charge in [-0.05, 0) is 54.4 Å². The van der Waals surface area contributed by atoms with Crippen LogP contribution in [0.1, 0.15) is 25.6 Å². The van der Waals surface area contributed by atoms with Crippen LogP contribution in [0.2, 0.25) is 0 Å². The van der Waals surface area contributed by atoms with Gasteiger partial charge in [-0.1, -0.05) is 24.3 Å². The topological polar surface area (TPSA) is 57.6 Å². The van der Waals surface area contributed by atoms with Gasteiger partial charge >= 0.3 is 5.97 Å². The fourth-order valence-electron chi connectivity index (χ4n) is 2.53. The first kappa shape index (κ1) is 16.9. The molecule has 1 N–H and O–H groups in total. The van der Waals surface area contributed by atoms with E-state index < -0.39 is 5.97 Å². The van der Waals surface area contributed by atoms with Crippen molar-refractivity contribution in [3.63, 3.8) is 0 Å². The zero-order valence-electron chi connectivity index (χ0n) is 13.9. The van der Waals surface area contributed by atoms with Crippen LogP contribution in [0.3, 0.4) is 0 Å². The number of carbonyl (C=O) groups excluding carboxylic acids is 1. The monoisotopic (exact) mass is 351 g/mol. The van der Waals surface area contributed by atoms with Gasteiger partial charge in [-0.2, -0.15) is 0 Å². The fourth-order valence-corrected chi connectivity index (χ4v) is 3.51. The molecule has 5 heteroatoms. The first-order valence-electron chi connectivity index (χ1n) is 7.74. The number of nitrogens with zero attached hydrogens (tertiary/aromatic N) is 1. The number of benzene rings is 2. The molecule has 1 heterocycles. The molecular weight excluding hydrogens is 334 g/mol. The molecule has 126 valence electrons. The average Bonchev–Trinajstić information content (AvgIpc) is 3.10. The molecule has 0 spiro atoms. The molecule has 0 atom stereocenters. The Balaban J connectivity index is 1.87. The van der Waals surface area contributed by atoms with E-state index in [4.69, 9.17) is 5.11 Å². The number of rotatable bonds is 4. The number of carboxylic acid groups (broad SMARTS) is 1. The summed E-state index contributed by atoms with van der Waals surface area (Å²) in [4.78, 5) is 26.9. The third-order valence-corrected chi connectivity index (χ3v) is 5.03. The minimum Gasteiger partial charge on any atom is -0.478 e. The van der Waals surface area contributed by atoms with Crippen LogP contribution < -0.4 is 4.90 Å². The lowest BCUT2D eigenvalue weighted by Crippen LogP contribution is -2.25. The molecular formula is C20H17NO3S. The Kier molecular flexibility index (Phi) is 4.67. The summed E-state index contributed by atoms with van der Waals surface area (Å²) >= 11 is 1.36. The number of thiophene rings is 1. The zero-order chi connectivity index (χ0) is 18.0. The molecule has 0 saturated heterocycles. The van der Waals surface area contributed by atoms with Crippen molar-refractivity contribution in [3.05, 3.63) is 76.7 Å². The number of aromatic carboxylic acids is 1. The highest BCUT2D eigenvalue weighted by molar-refractivity contribution is 7.17. The second-order valence-corrected chi connectivity index (χ2v) is 6.84. The van der Waals surface area contributed by atoms with E-state index in [1.54, 1.807) is 36.2 Å². The van der Waals surface area contributed by atoms with Crippen molar-refractivity contribution in [1.29, 1.82) is 0 Å². The van der Waals surface area contributed by atoms with Crippen LogP contribution in [0.25, 0.3) is 10.4 Å². The molecule has 1 amide bonds. The average molecular weight is 351 g/mol. The molecule has 4 nitrogen and oxygen atoms in total. The molecule has 0 unspecified atom stereocenters. The predicted octanol–water partition coefficient (Wildman–Crippen LogP) is 4.70. The minimum atomic E-state index is -0.964. The Bertz CT molecular complexity index is 945. The van der Waals surface area contributed by atoms with Gasteiger partial charge in [0.15, 0.2) is 0 Å². The highest BCUT2D eigenvalue weighted by atomic mass is 32.1. The third-order valence-electron chi connectivity index (χ3n) is 3.90. The molecule has 0 aliphatic heterocycles. The number of anilines is 1. The highest BCUT2D eigenvalue weighted by Crippen LogP contribution is 2.30. The van der Waals surface area contributed by atoms with E-state index in [1.807, 2.05) is 43.3 Å². The van der Waals surface area contributed by atoms with Gasteiger partial charge in [0.25, 0.3) is 5.91 Å². The van der Waals surface area contributed by atoms with Crippen molar-refractivity contribution in [3.8, 4) is 10.4 Å². The van der Waals surface area contributed by atoms with E-state index in [0.717, 1.165) is 21.7 Å². The normalized spacial score (nSPS) is 10.5. The van der Waals surface area contributed by atoms with Crippen LogP contribution in [-0.2, 0) is 0 Å². The van der Waals surface area contributed by atoms with Crippen LogP contribution >= 0.6 is 11.3 Å². The summed E-state index contributed by atoms with van der Waals surface area (Å²) in [5, 5.41) is 9.11. The fraction of sp³-hybridized carbons (Fsp3) is 0.100. The quantitative estimate of drug-likeness (QED) is 0.741. The number of hydrogen-bond acceptors (Lipinski definition) is 3. The van der Waals surface area contributed by atoms with Crippen molar-refractivity contribution in [1.82, 2.24) is 0 Å². The van der Waals surface area contributed by atoms with Crippen molar-refractivity contribution in [2.45, 2.75) is 6.92 Å². The number of carboxylic acids is 1. The highest BCUT2D eigenvalue weighted by Gasteiger charge is 2.16. The van der Waals surface area contributed by atoms with E-state index in [9.17, 15) is 9.59 Å². The van der Waals surface area contributed by atoms with Gasteiger partial charge in [0.1, 0.15) is 0 Å². The molecule has 0 bridgehead atoms. The van der Waals surface area contributed by atoms with E-state index in [2.05, 4.69) is 0 Å². The molecule has 2 aromatic carbocycles. The summed E-state index contributed by atoms with van der Waals surface area (Å²) in [6, 6.07) is 18.1. The lowest BCUT2D eigenvalue weighted by Gasteiger charge is -2.16. The summed E-state index contributed by atoms with van der Waals surface area (Å²) < 4.78 is 0. The molecule has 0 fully saturated rings. The molecule has 0 saturated carbocycles. The first-order valence-corrected chi connectivity index (χ1v) is 8.55. The second kappa shape index (κ2) is 6.91. The minimum absolute atomic E-state index is 0.0868. The Morgan fingerprint density at radius 3 is 2.48 bits per heavy atom. The van der Waals surface area contributed by atoms with Crippen LogP contribution in [-0.4, -0.2) is 24.0 Å². The number of hydrogen-bond donors (Lipinski definition) is 1. The van der Waals surface area contributed by atoms with Crippen molar-refractivity contribution >= 4 is 28.9 Å². The molecule has 0 radical (unpaired) electrons. The maximum absolute atomic E-state index is 12.7. The van der Waals surface area contributed by atoms with Gasteiger partial charge in [-0.25, -0.2) is 4.79 Å². The molecule has 1 aromatic heterocycles. The van der Waals surface area contributed by atoms with E-state index in [0.29, 0.717) is 4.88 Å². The van der Waals surface area contributed by atoms with Gasteiger partial charge in [-0.3, -0.25) is 4.79 Å². The van der Waals surface area contributed by atoms with Crippen molar-refractivity contribution in [2.75, 3.05) is 11.9 Å². The lowest BCUT2D eigenvalue weighted by molar-refractivity contribution is 0.0696. The number of aryl methyl sites for hydroxylation is 1. The van der Waals surface area contributed by atoms with Crippen molar-refractivity contribution < 1.29 is 14.7 Å². The summed E-state index contributed by atoms with van der Waals surface area (Å²) in [7, 11) is 1.75. The molecule has 3 rings (SSSR count). The molecule has 25 heavy (non-hydrogen) atoms. The Morgan fingerprint density at radius 2 is 1.76 bits per heavy atom. The van der Waals surface area contributed by atoms with E-state index >= 15 is 0 Å². The van der Waals surface area contributed by atoms with E-state index in [1.165, 1.54) is 11.3 Å². The predicted molar refractivity (Wildman–Crippen MR) is 101 cm³/mol. The number of amides is 1. The number of carbonyl (C=O) groups is 2. The smallest absolute Gasteiger partial charge is 0.335 e. The van der Waals surface area contributed by atoms with Gasteiger partial charge in [0.2, 0.25) is 0 Å².